The fraction of sp³-hybridized carbons (Fsp3) is 0.294. The molecule has 0 aliphatic carbocycles. The number of hydrogen-bond acceptors (Lipinski definition) is 3. The summed E-state index contributed by atoms with van der Waals surface area (Å²) in [6.07, 6.45) is 0. The van der Waals surface area contributed by atoms with Crippen molar-refractivity contribution in [2.45, 2.75) is 16.5 Å². The van der Waals surface area contributed by atoms with Gasteiger partial charge in [0.05, 0.1) is 6.04 Å². The second kappa shape index (κ2) is 5.28. The highest BCUT2D eigenvalue weighted by Gasteiger charge is 2.57. The molecule has 0 bridgehead atoms. The summed E-state index contributed by atoms with van der Waals surface area (Å²) in [6, 6.07) is 19.0. The topological polar surface area (TPSA) is 37.4 Å². The van der Waals surface area contributed by atoms with Crippen molar-refractivity contribution >= 4 is 9.84 Å². The number of sulfone groups is 1. The quantitative estimate of drug-likeness (QED) is 0.875. The van der Waals surface area contributed by atoms with E-state index in [4.69, 9.17) is 0 Å². The van der Waals surface area contributed by atoms with Gasteiger partial charge in [0.2, 0.25) is 0 Å². The monoisotopic (exact) mass is 301 g/mol. The van der Waals surface area contributed by atoms with Gasteiger partial charge >= 0.3 is 0 Å². The molecule has 1 saturated heterocycles. The van der Waals surface area contributed by atoms with Crippen LogP contribution in [0.15, 0.2) is 60.7 Å². The van der Waals surface area contributed by atoms with Crippen molar-refractivity contribution in [1.29, 1.82) is 0 Å². The molecule has 1 aliphatic heterocycles. The smallest absolute Gasteiger partial charge is 0.167 e. The van der Waals surface area contributed by atoms with Crippen molar-refractivity contribution in [2.24, 2.45) is 0 Å². The highest BCUT2D eigenvalue weighted by Crippen LogP contribution is 2.53. The molecule has 0 unspecified atom stereocenters. The molecule has 110 valence electrons. The van der Waals surface area contributed by atoms with Gasteiger partial charge in [0.1, 0.15) is 10.5 Å². The maximum atomic E-state index is 12.8. The zero-order valence-electron chi connectivity index (χ0n) is 12.2. The van der Waals surface area contributed by atoms with Crippen LogP contribution in [0.4, 0.5) is 0 Å². The number of nitrogens with zero attached hydrogens (tertiary/aromatic N) is 1. The van der Waals surface area contributed by atoms with Crippen molar-refractivity contribution < 1.29 is 8.42 Å². The van der Waals surface area contributed by atoms with Crippen LogP contribution in [0.1, 0.15) is 21.6 Å². The molecule has 3 nitrogen and oxygen atoms in total. The number of benzene rings is 2. The summed E-state index contributed by atoms with van der Waals surface area (Å²) >= 11 is 0. The van der Waals surface area contributed by atoms with Gasteiger partial charge in [-0.05, 0) is 25.2 Å². The molecule has 0 amide bonds. The lowest BCUT2D eigenvalue weighted by molar-refractivity contribution is 0.241. The molecule has 21 heavy (non-hydrogen) atoms. The molecule has 2 aromatic carbocycles. The third-order valence-electron chi connectivity index (χ3n) is 4.18. The van der Waals surface area contributed by atoms with Crippen molar-refractivity contribution in [3.63, 3.8) is 0 Å². The summed E-state index contributed by atoms with van der Waals surface area (Å²) in [4.78, 5) is 2.02. The second-order valence-electron chi connectivity index (χ2n) is 5.71. The van der Waals surface area contributed by atoms with Crippen molar-refractivity contribution in [3.05, 3.63) is 71.8 Å². The summed E-state index contributed by atoms with van der Waals surface area (Å²) in [6.45, 7) is 0. The van der Waals surface area contributed by atoms with Crippen molar-refractivity contribution in [3.8, 4) is 0 Å². The first-order chi connectivity index (χ1) is 10.0. The van der Waals surface area contributed by atoms with E-state index in [2.05, 4.69) is 0 Å². The summed E-state index contributed by atoms with van der Waals surface area (Å²) < 4.78 is 25.7. The predicted octanol–water partition coefficient (Wildman–Crippen LogP) is 2.83. The maximum absolute atomic E-state index is 12.8. The van der Waals surface area contributed by atoms with Gasteiger partial charge < -0.3 is 4.90 Å². The third-order valence-corrected chi connectivity index (χ3v) is 6.70. The fourth-order valence-corrected chi connectivity index (χ4v) is 5.91. The first kappa shape index (κ1) is 14.3. The van der Waals surface area contributed by atoms with E-state index < -0.39 is 20.3 Å². The molecule has 1 fully saturated rings. The average molecular weight is 301 g/mol. The van der Waals surface area contributed by atoms with E-state index in [0.717, 1.165) is 11.1 Å². The van der Waals surface area contributed by atoms with Crippen molar-refractivity contribution in [2.75, 3.05) is 14.1 Å². The summed E-state index contributed by atoms with van der Waals surface area (Å²) in [7, 11) is 0.694. The minimum absolute atomic E-state index is 0.0280. The van der Waals surface area contributed by atoms with Gasteiger partial charge in [0.25, 0.3) is 0 Å². The van der Waals surface area contributed by atoms with Crippen LogP contribution in [0.5, 0.6) is 0 Å². The summed E-state index contributed by atoms with van der Waals surface area (Å²) in [5, 5.41) is -0.891. The summed E-state index contributed by atoms with van der Waals surface area (Å²) in [5.41, 5.74) is 1.76. The highest BCUT2D eigenvalue weighted by atomic mass is 32.2. The minimum Gasteiger partial charge on any atom is -0.303 e. The van der Waals surface area contributed by atoms with Gasteiger partial charge in [0, 0.05) is 0 Å². The molecule has 0 N–H and O–H groups in total. The van der Waals surface area contributed by atoms with Crippen LogP contribution in [0, 0.1) is 0 Å². The minimum atomic E-state index is -3.21. The first-order valence-electron chi connectivity index (χ1n) is 7.02. The van der Waals surface area contributed by atoms with Gasteiger partial charge in [-0.25, -0.2) is 8.42 Å². The molecule has 2 atom stereocenters. The number of rotatable bonds is 3. The Bertz CT molecular complexity index is 657. The second-order valence-corrected chi connectivity index (χ2v) is 7.90. The SMILES string of the molecule is CN(C)C1[C@H](c2ccccc2)S(=O)(=O)[C@H]1c1ccccc1. The molecule has 2 aromatic rings. The molecular weight excluding hydrogens is 282 g/mol. The van der Waals surface area contributed by atoms with Crippen LogP contribution in [0.25, 0.3) is 0 Å². The van der Waals surface area contributed by atoms with Crippen LogP contribution in [-0.4, -0.2) is 33.5 Å². The average Bonchev–Trinajstić information content (AvgIpc) is 2.47. The van der Waals surface area contributed by atoms with E-state index in [0.29, 0.717) is 0 Å². The molecule has 0 radical (unpaired) electrons. The first-order valence-corrected chi connectivity index (χ1v) is 8.63. The van der Waals surface area contributed by atoms with Gasteiger partial charge in [-0.1, -0.05) is 60.7 Å². The van der Waals surface area contributed by atoms with E-state index in [1.165, 1.54) is 0 Å². The Kier molecular flexibility index (Phi) is 3.59. The summed E-state index contributed by atoms with van der Waals surface area (Å²) in [5.74, 6) is 0. The van der Waals surface area contributed by atoms with E-state index in [1.54, 1.807) is 0 Å². The molecule has 4 heteroatoms. The Labute approximate surface area is 126 Å². The maximum Gasteiger partial charge on any atom is 0.167 e. The van der Waals surface area contributed by atoms with Gasteiger partial charge in [-0.15, -0.1) is 0 Å². The lowest BCUT2D eigenvalue weighted by Crippen LogP contribution is -2.54. The van der Waals surface area contributed by atoms with Crippen LogP contribution in [0.2, 0.25) is 0 Å². The van der Waals surface area contributed by atoms with E-state index in [9.17, 15) is 8.42 Å². The Balaban J connectivity index is 2.05. The zero-order chi connectivity index (χ0) is 15.0. The molecule has 0 saturated carbocycles. The van der Waals surface area contributed by atoms with Crippen LogP contribution in [-0.2, 0) is 9.84 Å². The predicted molar refractivity (Wildman–Crippen MR) is 84.8 cm³/mol. The Morgan fingerprint density at radius 3 is 1.48 bits per heavy atom. The van der Waals surface area contributed by atoms with E-state index >= 15 is 0 Å². The zero-order valence-corrected chi connectivity index (χ0v) is 13.0. The molecule has 1 heterocycles. The largest absolute Gasteiger partial charge is 0.303 e. The van der Waals surface area contributed by atoms with Gasteiger partial charge in [0.15, 0.2) is 9.84 Å². The van der Waals surface area contributed by atoms with Crippen LogP contribution in [0.3, 0.4) is 0 Å². The number of hydrogen-bond donors (Lipinski definition) is 0. The Morgan fingerprint density at radius 1 is 0.762 bits per heavy atom. The Hall–Kier alpha value is -1.65. The molecule has 0 aromatic heterocycles. The van der Waals surface area contributed by atoms with E-state index in [1.807, 2.05) is 79.7 Å². The van der Waals surface area contributed by atoms with Crippen LogP contribution >= 0.6 is 0 Å². The highest BCUT2D eigenvalue weighted by molar-refractivity contribution is 7.93. The third kappa shape index (κ3) is 2.28. The lowest BCUT2D eigenvalue weighted by Gasteiger charge is -2.47. The molecule has 3 rings (SSSR count). The van der Waals surface area contributed by atoms with Gasteiger partial charge in [-0.3, -0.25) is 0 Å². The normalized spacial score (nSPS) is 27.3. The van der Waals surface area contributed by atoms with Gasteiger partial charge in [-0.2, -0.15) is 0 Å². The van der Waals surface area contributed by atoms with Crippen molar-refractivity contribution in [1.82, 2.24) is 4.90 Å². The number of likely N-dealkylation sites (N-methyl/N-ethyl adjacent to an activating group) is 1. The molecule has 1 aliphatic rings. The Morgan fingerprint density at radius 2 is 1.14 bits per heavy atom. The fourth-order valence-electron chi connectivity index (χ4n) is 3.22. The standard InChI is InChI=1S/C17H19NO2S/c1-18(2)15-16(13-9-5-3-6-10-13)21(19,20)17(15)14-11-7-4-8-12-14/h3-12,15-17H,1-2H3/t16-,17-/m0/s1. The van der Waals surface area contributed by atoms with Crippen LogP contribution < -0.4 is 0 Å². The van der Waals surface area contributed by atoms with E-state index in [-0.39, 0.29) is 6.04 Å². The molecular formula is C17H19NO2S. The molecule has 0 spiro atoms. The lowest BCUT2D eigenvalue weighted by atomic mass is 9.95.